The topological polar surface area (TPSA) is 57.6 Å². The maximum absolute atomic E-state index is 11.9. The van der Waals surface area contributed by atoms with Crippen LogP contribution in [-0.2, 0) is 9.59 Å². The monoisotopic (exact) mass is 230 g/mol. The average molecular weight is 230 g/mol. The molecule has 1 heterocycles. The van der Waals surface area contributed by atoms with Gasteiger partial charge in [0.25, 0.3) is 0 Å². The van der Waals surface area contributed by atoms with Crippen molar-refractivity contribution in [1.82, 2.24) is 4.90 Å². The van der Waals surface area contributed by atoms with Crippen molar-refractivity contribution >= 4 is 23.6 Å². The number of likely N-dealkylation sites (tertiary alicyclic amines) is 1. The lowest BCUT2D eigenvalue weighted by Crippen LogP contribution is -2.43. The van der Waals surface area contributed by atoms with Crippen molar-refractivity contribution in [1.29, 1.82) is 0 Å². The largest absolute Gasteiger partial charge is 0.480 e. The Kier molecular flexibility index (Phi) is 4.45. The van der Waals surface area contributed by atoms with E-state index in [1.165, 1.54) is 16.7 Å². The first-order valence-corrected chi connectivity index (χ1v) is 6.13. The van der Waals surface area contributed by atoms with Gasteiger partial charge in [-0.3, -0.25) is 4.79 Å². The van der Waals surface area contributed by atoms with Crippen molar-refractivity contribution in [2.75, 3.05) is 12.3 Å². The first kappa shape index (κ1) is 12.4. The van der Waals surface area contributed by atoms with E-state index in [9.17, 15) is 9.59 Å². The Hall–Kier alpha value is -0.710. The zero-order chi connectivity index (χ0) is 11.4. The minimum Gasteiger partial charge on any atom is -0.480 e. The molecule has 0 saturated carbocycles. The third-order valence-electron chi connectivity index (χ3n) is 2.61. The molecule has 1 saturated heterocycles. The Morgan fingerprint density at radius 1 is 1.67 bits per heavy atom. The summed E-state index contributed by atoms with van der Waals surface area (Å²) in [5, 5.41) is 8.93. The fourth-order valence-corrected chi connectivity index (χ4v) is 2.31. The van der Waals surface area contributed by atoms with E-state index in [0.717, 1.165) is 6.42 Å². The first-order chi connectivity index (χ1) is 7.07. The van der Waals surface area contributed by atoms with Gasteiger partial charge in [0.15, 0.2) is 0 Å². The summed E-state index contributed by atoms with van der Waals surface area (Å²) >= 11 is 1.36. The molecule has 1 rings (SSSR count). The van der Waals surface area contributed by atoms with E-state index >= 15 is 0 Å². The van der Waals surface area contributed by atoms with E-state index in [-0.39, 0.29) is 11.8 Å². The van der Waals surface area contributed by atoms with Crippen molar-refractivity contribution in [3.8, 4) is 0 Å². The molecule has 85 valence electrons. The molecule has 1 amide bonds. The molecular formula is C10H16NO3S. The number of hydrogen-bond donors (Lipinski definition) is 1. The number of rotatable bonds is 4. The number of hydrogen-bond acceptors (Lipinski definition) is 3. The summed E-state index contributed by atoms with van der Waals surface area (Å²) in [5.41, 5.74) is 0. The van der Waals surface area contributed by atoms with Crippen molar-refractivity contribution in [2.45, 2.75) is 25.8 Å². The molecule has 0 aliphatic carbocycles. The number of carboxylic acid groups (broad SMARTS) is 1. The molecule has 0 aromatic rings. The van der Waals surface area contributed by atoms with Gasteiger partial charge in [0.2, 0.25) is 5.91 Å². The number of amides is 1. The van der Waals surface area contributed by atoms with Gasteiger partial charge in [0.05, 0.1) is 0 Å². The SMILES string of the molecule is [CH2]SCC(C)C(=O)N1CCCC1C(=O)O. The molecule has 0 aromatic carbocycles. The molecule has 1 N–H and O–H groups in total. The smallest absolute Gasteiger partial charge is 0.326 e. The third-order valence-corrected chi connectivity index (χ3v) is 3.35. The number of carboxylic acids is 1. The van der Waals surface area contributed by atoms with E-state index in [0.29, 0.717) is 18.7 Å². The zero-order valence-corrected chi connectivity index (χ0v) is 9.63. The van der Waals surface area contributed by atoms with Crippen molar-refractivity contribution in [3.63, 3.8) is 0 Å². The molecule has 0 spiro atoms. The number of nitrogens with zero attached hydrogens (tertiary/aromatic N) is 1. The molecule has 1 fully saturated rings. The number of carbonyl (C=O) groups is 2. The predicted octanol–water partition coefficient (Wildman–Crippen LogP) is 1.22. The minimum absolute atomic E-state index is 0.0592. The number of carbonyl (C=O) groups excluding carboxylic acids is 1. The molecule has 2 atom stereocenters. The van der Waals surface area contributed by atoms with Gasteiger partial charge in [0, 0.05) is 24.5 Å². The lowest BCUT2D eigenvalue weighted by molar-refractivity contribution is -0.149. The fraction of sp³-hybridized carbons (Fsp3) is 0.700. The van der Waals surface area contributed by atoms with Crippen LogP contribution in [0.25, 0.3) is 0 Å². The summed E-state index contributed by atoms with van der Waals surface area (Å²) in [5.74, 6) is -0.458. The highest BCUT2D eigenvalue weighted by molar-refractivity contribution is 8.00. The highest BCUT2D eigenvalue weighted by Crippen LogP contribution is 2.21. The van der Waals surface area contributed by atoms with Crippen LogP contribution in [0.15, 0.2) is 0 Å². The lowest BCUT2D eigenvalue weighted by Gasteiger charge is -2.24. The summed E-state index contributed by atoms with van der Waals surface area (Å²) < 4.78 is 0. The Balaban J connectivity index is 2.62. The molecule has 1 radical (unpaired) electrons. The van der Waals surface area contributed by atoms with E-state index in [2.05, 4.69) is 6.26 Å². The van der Waals surface area contributed by atoms with Crippen LogP contribution in [0.1, 0.15) is 19.8 Å². The summed E-state index contributed by atoms with van der Waals surface area (Å²) in [6, 6.07) is -0.616. The van der Waals surface area contributed by atoms with E-state index < -0.39 is 12.0 Å². The Labute approximate surface area is 94.0 Å². The molecule has 2 unspecified atom stereocenters. The van der Waals surface area contributed by atoms with Gasteiger partial charge >= 0.3 is 5.97 Å². The van der Waals surface area contributed by atoms with Gasteiger partial charge in [-0.25, -0.2) is 4.79 Å². The minimum atomic E-state index is -0.893. The maximum Gasteiger partial charge on any atom is 0.326 e. The Bertz CT molecular complexity index is 257. The van der Waals surface area contributed by atoms with E-state index in [1.807, 2.05) is 6.92 Å². The normalized spacial score (nSPS) is 22.8. The molecule has 1 aliphatic heterocycles. The predicted molar refractivity (Wildman–Crippen MR) is 59.3 cm³/mol. The second-order valence-electron chi connectivity index (χ2n) is 3.80. The van der Waals surface area contributed by atoms with Crippen molar-refractivity contribution in [2.24, 2.45) is 5.92 Å². The second kappa shape index (κ2) is 5.39. The summed E-state index contributed by atoms with van der Waals surface area (Å²) in [6.45, 7) is 2.39. The van der Waals surface area contributed by atoms with Gasteiger partial charge < -0.3 is 10.0 Å². The Morgan fingerprint density at radius 2 is 2.33 bits per heavy atom. The highest BCUT2D eigenvalue weighted by Gasteiger charge is 2.35. The summed E-state index contributed by atoms with van der Waals surface area (Å²) in [4.78, 5) is 24.2. The first-order valence-electron chi connectivity index (χ1n) is 4.98. The molecule has 15 heavy (non-hydrogen) atoms. The average Bonchev–Trinajstić information content (AvgIpc) is 2.65. The number of aliphatic carboxylic acids is 1. The van der Waals surface area contributed by atoms with Gasteiger partial charge in [-0.05, 0) is 12.8 Å². The fourth-order valence-electron chi connectivity index (χ4n) is 1.82. The van der Waals surface area contributed by atoms with Gasteiger partial charge in [0.1, 0.15) is 6.04 Å². The van der Waals surface area contributed by atoms with Crippen LogP contribution < -0.4 is 0 Å². The molecule has 0 bridgehead atoms. The van der Waals surface area contributed by atoms with Crippen LogP contribution in [0.3, 0.4) is 0 Å². The summed E-state index contributed by atoms with van der Waals surface area (Å²) in [6.07, 6.45) is 4.98. The summed E-state index contributed by atoms with van der Waals surface area (Å²) in [7, 11) is 0. The highest BCUT2D eigenvalue weighted by atomic mass is 32.2. The van der Waals surface area contributed by atoms with Crippen LogP contribution in [-0.4, -0.2) is 40.2 Å². The van der Waals surface area contributed by atoms with Crippen LogP contribution in [0.2, 0.25) is 0 Å². The van der Waals surface area contributed by atoms with Crippen LogP contribution in [0, 0.1) is 12.2 Å². The lowest BCUT2D eigenvalue weighted by atomic mass is 10.1. The quantitative estimate of drug-likeness (QED) is 0.789. The molecule has 4 nitrogen and oxygen atoms in total. The second-order valence-corrected chi connectivity index (χ2v) is 4.54. The van der Waals surface area contributed by atoms with Crippen molar-refractivity contribution < 1.29 is 14.7 Å². The maximum atomic E-state index is 11.9. The van der Waals surface area contributed by atoms with Crippen LogP contribution in [0.5, 0.6) is 0 Å². The standard InChI is InChI=1S/C10H16NO3S/c1-7(6-15-2)9(12)11-5-3-4-8(11)10(13)14/h7-8H,2-6H2,1H3,(H,13,14). The molecule has 5 heteroatoms. The molecule has 1 aliphatic rings. The zero-order valence-electron chi connectivity index (χ0n) is 8.81. The van der Waals surface area contributed by atoms with Gasteiger partial charge in [-0.1, -0.05) is 6.92 Å². The third kappa shape index (κ3) is 2.87. The van der Waals surface area contributed by atoms with Crippen LogP contribution >= 0.6 is 11.8 Å². The van der Waals surface area contributed by atoms with Gasteiger partial charge in [-0.15, -0.1) is 0 Å². The van der Waals surface area contributed by atoms with Crippen LogP contribution in [0.4, 0.5) is 0 Å². The Morgan fingerprint density at radius 3 is 2.87 bits per heavy atom. The number of thioether (sulfide) groups is 1. The van der Waals surface area contributed by atoms with Crippen molar-refractivity contribution in [3.05, 3.63) is 6.26 Å². The molecular weight excluding hydrogens is 214 g/mol. The van der Waals surface area contributed by atoms with E-state index in [1.54, 1.807) is 0 Å². The van der Waals surface area contributed by atoms with E-state index in [4.69, 9.17) is 5.11 Å². The van der Waals surface area contributed by atoms with Gasteiger partial charge in [-0.2, -0.15) is 11.8 Å². The molecule has 0 aromatic heterocycles.